The van der Waals surface area contributed by atoms with Crippen LogP contribution in [0, 0.1) is 0 Å². The first kappa shape index (κ1) is 10.6. The molecular weight excluding hydrogens is 192 g/mol. The van der Waals surface area contributed by atoms with Crippen molar-refractivity contribution in [3.05, 3.63) is 0 Å². The van der Waals surface area contributed by atoms with Gasteiger partial charge in [0.2, 0.25) is 5.91 Å². The van der Waals surface area contributed by atoms with Crippen molar-refractivity contribution in [2.24, 2.45) is 0 Å². The van der Waals surface area contributed by atoms with E-state index >= 15 is 0 Å². The van der Waals surface area contributed by atoms with Gasteiger partial charge in [0, 0.05) is 19.6 Å². The molecule has 5 nitrogen and oxygen atoms in total. The molecular formula is C7H13N2O3S-. The van der Waals surface area contributed by atoms with Gasteiger partial charge in [-0.3, -0.25) is 9.00 Å². The van der Waals surface area contributed by atoms with Gasteiger partial charge >= 0.3 is 0 Å². The maximum absolute atomic E-state index is 11.3. The van der Waals surface area contributed by atoms with Crippen molar-refractivity contribution in [1.82, 2.24) is 10.2 Å². The minimum Gasteiger partial charge on any atom is -0.772 e. The van der Waals surface area contributed by atoms with E-state index in [4.69, 9.17) is 0 Å². The third-order valence-electron chi connectivity index (χ3n) is 1.93. The maximum atomic E-state index is 11.3. The van der Waals surface area contributed by atoms with Crippen molar-refractivity contribution in [2.75, 3.05) is 31.9 Å². The molecule has 1 atom stereocenters. The maximum Gasteiger partial charge on any atom is 0.234 e. The van der Waals surface area contributed by atoms with Crippen LogP contribution in [0.3, 0.4) is 0 Å². The summed E-state index contributed by atoms with van der Waals surface area (Å²) in [6.45, 7) is 2.90. The Morgan fingerprint density at radius 2 is 2.23 bits per heavy atom. The molecule has 1 unspecified atom stereocenters. The summed E-state index contributed by atoms with van der Waals surface area (Å²) in [5.41, 5.74) is 0. The fraction of sp³-hybridized carbons (Fsp3) is 0.857. The second-order valence-electron chi connectivity index (χ2n) is 2.93. The minimum absolute atomic E-state index is 0.294. The van der Waals surface area contributed by atoms with E-state index in [1.54, 1.807) is 4.90 Å². The van der Waals surface area contributed by atoms with Gasteiger partial charge in [-0.05, 0) is 24.0 Å². The van der Waals surface area contributed by atoms with Crippen LogP contribution in [0.1, 0.15) is 6.42 Å². The normalized spacial score (nSPS) is 20.8. The molecule has 13 heavy (non-hydrogen) atoms. The summed E-state index contributed by atoms with van der Waals surface area (Å²) in [5, 5.41) is 3.14. The Bertz CT molecular complexity index is 202. The summed E-state index contributed by atoms with van der Waals surface area (Å²) >= 11 is -2.26. The zero-order valence-corrected chi connectivity index (χ0v) is 8.14. The molecule has 1 rings (SSSR count). The molecule has 1 aliphatic rings. The summed E-state index contributed by atoms with van der Waals surface area (Å²) in [7, 11) is 0. The lowest BCUT2D eigenvalue weighted by atomic mass is 10.4. The van der Waals surface area contributed by atoms with Crippen LogP contribution in [0.4, 0.5) is 0 Å². The number of carbonyl (C=O) groups excluding carboxylic acids is 1. The molecule has 0 bridgehead atoms. The van der Waals surface area contributed by atoms with Gasteiger partial charge in [-0.15, -0.1) is 0 Å². The Kier molecular flexibility index (Phi) is 4.34. The molecule has 1 amide bonds. The van der Waals surface area contributed by atoms with Crippen LogP contribution < -0.4 is 5.32 Å². The van der Waals surface area contributed by atoms with E-state index in [9.17, 15) is 13.6 Å². The Labute approximate surface area is 79.8 Å². The van der Waals surface area contributed by atoms with Crippen molar-refractivity contribution >= 4 is 17.0 Å². The highest BCUT2D eigenvalue weighted by atomic mass is 32.2. The number of nitrogens with zero attached hydrogens (tertiary/aromatic N) is 1. The first-order chi connectivity index (χ1) is 6.20. The summed E-state index contributed by atoms with van der Waals surface area (Å²) in [5.74, 6) is -0.683. The van der Waals surface area contributed by atoms with Crippen LogP contribution in [-0.4, -0.2) is 51.5 Å². The zero-order chi connectivity index (χ0) is 9.68. The van der Waals surface area contributed by atoms with Crippen LogP contribution in [-0.2, 0) is 15.9 Å². The molecule has 76 valence electrons. The third kappa shape index (κ3) is 3.84. The van der Waals surface area contributed by atoms with Gasteiger partial charge in [-0.1, -0.05) is 0 Å². The number of hydrogen-bond donors (Lipinski definition) is 1. The average molecular weight is 205 g/mol. The van der Waals surface area contributed by atoms with Crippen LogP contribution in [0.5, 0.6) is 0 Å². The van der Waals surface area contributed by atoms with Gasteiger partial charge in [-0.2, -0.15) is 0 Å². The van der Waals surface area contributed by atoms with Crippen molar-refractivity contribution in [3.63, 3.8) is 0 Å². The van der Waals surface area contributed by atoms with Gasteiger partial charge in [0.25, 0.3) is 0 Å². The first-order valence-electron chi connectivity index (χ1n) is 4.24. The van der Waals surface area contributed by atoms with Crippen LogP contribution in [0.2, 0.25) is 0 Å². The van der Waals surface area contributed by atoms with Crippen molar-refractivity contribution < 1.29 is 13.6 Å². The fourth-order valence-electron chi connectivity index (χ4n) is 1.29. The highest BCUT2D eigenvalue weighted by Crippen LogP contribution is 1.96. The molecule has 0 aliphatic carbocycles. The van der Waals surface area contributed by atoms with E-state index < -0.39 is 11.1 Å². The second kappa shape index (κ2) is 5.31. The molecule has 1 fully saturated rings. The lowest BCUT2D eigenvalue weighted by Gasteiger charge is -2.20. The molecule has 0 saturated carbocycles. The minimum atomic E-state index is -2.26. The van der Waals surface area contributed by atoms with E-state index in [1.807, 2.05) is 0 Å². The van der Waals surface area contributed by atoms with Gasteiger partial charge in [0.05, 0.1) is 5.75 Å². The van der Waals surface area contributed by atoms with Gasteiger partial charge in [-0.25, -0.2) is 0 Å². The number of nitrogens with one attached hydrogen (secondary N) is 1. The van der Waals surface area contributed by atoms with E-state index in [2.05, 4.69) is 5.32 Å². The monoisotopic (exact) mass is 205 g/mol. The summed E-state index contributed by atoms with van der Waals surface area (Å²) in [4.78, 5) is 12.9. The Morgan fingerprint density at radius 1 is 1.46 bits per heavy atom. The summed E-state index contributed by atoms with van der Waals surface area (Å²) in [6.07, 6.45) is 0.886. The number of amides is 1. The molecule has 1 N–H and O–H groups in total. The molecule has 0 radical (unpaired) electrons. The zero-order valence-electron chi connectivity index (χ0n) is 7.32. The molecule has 1 saturated heterocycles. The van der Waals surface area contributed by atoms with E-state index in [-0.39, 0.29) is 11.7 Å². The van der Waals surface area contributed by atoms with Crippen LogP contribution in [0.25, 0.3) is 0 Å². The lowest BCUT2D eigenvalue weighted by molar-refractivity contribution is -0.128. The highest BCUT2D eigenvalue weighted by molar-refractivity contribution is 7.79. The Morgan fingerprint density at radius 3 is 2.92 bits per heavy atom. The quantitative estimate of drug-likeness (QED) is 0.568. The predicted molar refractivity (Wildman–Crippen MR) is 47.9 cm³/mol. The molecule has 0 aromatic carbocycles. The van der Waals surface area contributed by atoms with E-state index in [0.717, 1.165) is 19.5 Å². The topological polar surface area (TPSA) is 72.5 Å². The molecule has 1 heterocycles. The van der Waals surface area contributed by atoms with Crippen molar-refractivity contribution in [3.8, 4) is 0 Å². The number of carbonyl (C=O) groups is 1. The van der Waals surface area contributed by atoms with Gasteiger partial charge in [0.15, 0.2) is 0 Å². The SMILES string of the molecule is O=C(CS(=O)[O-])N1CCCNCC1. The predicted octanol–water partition coefficient (Wildman–Crippen LogP) is -1.31. The van der Waals surface area contributed by atoms with Gasteiger partial charge in [0.1, 0.15) is 0 Å². The Balaban J connectivity index is 2.39. The number of rotatable bonds is 2. The molecule has 0 aromatic heterocycles. The fourth-order valence-corrected chi connectivity index (χ4v) is 1.67. The van der Waals surface area contributed by atoms with Crippen LogP contribution >= 0.6 is 0 Å². The van der Waals surface area contributed by atoms with Crippen LogP contribution in [0.15, 0.2) is 0 Å². The third-order valence-corrected chi connectivity index (χ3v) is 2.42. The first-order valence-corrected chi connectivity index (χ1v) is 5.49. The Hall–Kier alpha value is -0.460. The lowest BCUT2D eigenvalue weighted by Crippen LogP contribution is -2.37. The molecule has 1 aliphatic heterocycles. The molecule has 0 aromatic rings. The second-order valence-corrected chi connectivity index (χ2v) is 3.83. The summed E-state index contributed by atoms with van der Waals surface area (Å²) in [6, 6.07) is 0. The van der Waals surface area contributed by atoms with Crippen molar-refractivity contribution in [2.45, 2.75) is 6.42 Å². The summed E-state index contributed by atoms with van der Waals surface area (Å²) < 4.78 is 20.6. The smallest absolute Gasteiger partial charge is 0.234 e. The van der Waals surface area contributed by atoms with E-state index in [0.29, 0.717) is 13.1 Å². The average Bonchev–Trinajstić information content (AvgIpc) is 2.29. The molecule has 6 heteroatoms. The number of hydrogen-bond acceptors (Lipinski definition) is 4. The highest BCUT2D eigenvalue weighted by Gasteiger charge is 2.14. The molecule has 0 spiro atoms. The standard InChI is InChI=1S/C7H14N2O3S/c10-7(6-13(11)12)9-4-1-2-8-3-5-9/h8H,1-6H2,(H,11,12)/p-1. The van der Waals surface area contributed by atoms with Gasteiger partial charge < -0.3 is 14.8 Å². The van der Waals surface area contributed by atoms with Crippen molar-refractivity contribution in [1.29, 1.82) is 0 Å². The largest absolute Gasteiger partial charge is 0.772 e. The van der Waals surface area contributed by atoms with E-state index in [1.165, 1.54) is 0 Å².